The molecule has 1 aliphatic rings. The van der Waals surface area contributed by atoms with E-state index in [1.54, 1.807) is 0 Å². The van der Waals surface area contributed by atoms with E-state index in [0.29, 0.717) is 19.8 Å². The van der Waals surface area contributed by atoms with Gasteiger partial charge in [0.2, 0.25) is 0 Å². The first-order chi connectivity index (χ1) is 4.64. The highest BCUT2D eigenvalue weighted by atomic mass is 16.6. The predicted molar refractivity (Wildman–Crippen MR) is 38.8 cm³/mol. The average molecular weight is 145 g/mol. The van der Waals surface area contributed by atoms with E-state index in [1.165, 1.54) is 0 Å². The van der Waals surface area contributed by atoms with Gasteiger partial charge >= 0.3 is 0 Å². The molecule has 0 radical (unpaired) electrons. The van der Waals surface area contributed by atoms with Crippen molar-refractivity contribution < 1.29 is 9.47 Å². The van der Waals surface area contributed by atoms with Gasteiger partial charge < -0.3 is 15.2 Å². The molecule has 0 aliphatic carbocycles. The Hall–Kier alpha value is -0.120. The van der Waals surface area contributed by atoms with Crippen LogP contribution in [0.3, 0.4) is 0 Å². The third-order valence-corrected chi connectivity index (χ3v) is 1.59. The highest BCUT2D eigenvalue weighted by molar-refractivity contribution is 4.75. The van der Waals surface area contributed by atoms with Gasteiger partial charge in [0.15, 0.2) is 0 Å². The number of ether oxygens (including phenoxy) is 2. The van der Waals surface area contributed by atoms with E-state index in [1.807, 2.05) is 13.8 Å². The molecule has 3 heteroatoms. The molecule has 1 atom stereocenters. The van der Waals surface area contributed by atoms with Gasteiger partial charge in [0, 0.05) is 6.54 Å². The van der Waals surface area contributed by atoms with E-state index in [4.69, 9.17) is 15.2 Å². The molecule has 3 nitrogen and oxygen atoms in total. The summed E-state index contributed by atoms with van der Waals surface area (Å²) in [6.07, 6.45) is 0.105. The van der Waals surface area contributed by atoms with Crippen LogP contribution in [0.25, 0.3) is 0 Å². The predicted octanol–water partition coefficient (Wildman–Crippen LogP) is 0.139. The van der Waals surface area contributed by atoms with E-state index < -0.39 is 0 Å². The summed E-state index contributed by atoms with van der Waals surface area (Å²) in [6, 6.07) is 0. The van der Waals surface area contributed by atoms with Gasteiger partial charge in [0.1, 0.15) is 0 Å². The molecule has 1 saturated heterocycles. The molecule has 0 aromatic heterocycles. The van der Waals surface area contributed by atoms with Crippen LogP contribution in [0.15, 0.2) is 0 Å². The summed E-state index contributed by atoms with van der Waals surface area (Å²) in [7, 11) is 0. The second-order valence-corrected chi connectivity index (χ2v) is 3.24. The fraction of sp³-hybridized carbons (Fsp3) is 1.00. The van der Waals surface area contributed by atoms with Gasteiger partial charge in [-0.25, -0.2) is 0 Å². The SMILES string of the molecule is CC1(C)COC(CN)CO1. The van der Waals surface area contributed by atoms with Gasteiger partial charge in [-0.05, 0) is 13.8 Å². The zero-order valence-corrected chi connectivity index (χ0v) is 6.59. The standard InChI is InChI=1S/C7H15NO2/c1-7(2)5-9-6(3-8)4-10-7/h6H,3-5,8H2,1-2H3. The van der Waals surface area contributed by atoms with E-state index in [0.717, 1.165) is 0 Å². The van der Waals surface area contributed by atoms with Crippen LogP contribution in [-0.4, -0.2) is 31.5 Å². The summed E-state index contributed by atoms with van der Waals surface area (Å²) in [4.78, 5) is 0. The second kappa shape index (κ2) is 2.86. The molecule has 0 aromatic rings. The van der Waals surface area contributed by atoms with Crippen molar-refractivity contribution in [1.82, 2.24) is 0 Å². The largest absolute Gasteiger partial charge is 0.372 e. The molecule has 1 fully saturated rings. The lowest BCUT2D eigenvalue weighted by atomic mass is 10.1. The highest BCUT2D eigenvalue weighted by Gasteiger charge is 2.27. The minimum absolute atomic E-state index is 0.105. The van der Waals surface area contributed by atoms with Crippen LogP contribution in [-0.2, 0) is 9.47 Å². The molecule has 0 aromatic carbocycles. The summed E-state index contributed by atoms with van der Waals surface area (Å²) < 4.78 is 10.9. The third-order valence-electron chi connectivity index (χ3n) is 1.59. The summed E-state index contributed by atoms with van der Waals surface area (Å²) >= 11 is 0. The zero-order valence-electron chi connectivity index (χ0n) is 6.59. The molecular weight excluding hydrogens is 130 g/mol. The highest BCUT2D eigenvalue weighted by Crippen LogP contribution is 2.16. The maximum absolute atomic E-state index is 5.46. The van der Waals surface area contributed by atoms with Crippen molar-refractivity contribution in [3.63, 3.8) is 0 Å². The molecule has 1 heterocycles. The van der Waals surface area contributed by atoms with Gasteiger partial charge in [-0.15, -0.1) is 0 Å². The van der Waals surface area contributed by atoms with Crippen LogP contribution < -0.4 is 5.73 Å². The van der Waals surface area contributed by atoms with Crippen molar-refractivity contribution in [2.75, 3.05) is 19.8 Å². The van der Waals surface area contributed by atoms with E-state index in [-0.39, 0.29) is 11.7 Å². The Morgan fingerprint density at radius 2 is 2.30 bits per heavy atom. The molecule has 2 N–H and O–H groups in total. The van der Waals surface area contributed by atoms with Crippen LogP contribution in [0, 0.1) is 0 Å². The Morgan fingerprint density at radius 3 is 2.70 bits per heavy atom. The van der Waals surface area contributed by atoms with Crippen LogP contribution in [0.5, 0.6) is 0 Å². The number of rotatable bonds is 1. The van der Waals surface area contributed by atoms with Crippen LogP contribution >= 0.6 is 0 Å². The van der Waals surface area contributed by atoms with E-state index >= 15 is 0 Å². The normalized spacial score (nSPS) is 32.1. The van der Waals surface area contributed by atoms with Gasteiger partial charge in [-0.3, -0.25) is 0 Å². The Kier molecular flexibility index (Phi) is 2.28. The lowest BCUT2D eigenvalue weighted by Gasteiger charge is -2.34. The maximum Gasteiger partial charge on any atom is 0.0932 e. The summed E-state index contributed by atoms with van der Waals surface area (Å²) in [5.74, 6) is 0. The van der Waals surface area contributed by atoms with Crippen LogP contribution in [0.4, 0.5) is 0 Å². The van der Waals surface area contributed by atoms with E-state index in [2.05, 4.69) is 0 Å². The lowest BCUT2D eigenvalue weighted by molar-refractivity contribution is -0.171. The molecule has 0 saturated carbocycles. The van der Waals surface area contributed by atoms with Gasteiger partial charge in [0.05, 0.1) is 24.9 Å². The van der Waals surface area contributed by atoms with Crippen molar-refractivity contribution in [3.05, 3.63) is 0 Å². The Labute approximate surface area is 61.5 Å². The Morgan fingerprint density at radius 1 is 1.60 bits per heavy atom. The average Bonchev–Trinajstić information content (AvgIpc) is 1.88. The van der Waals surface area contributed by atoms with Crippen molar-refractivity contribution in [2.24, 2.45) is 5.73 Å². The molecule has 0 bridgehead atoms. The molecule has 0 spiro atoms. The molecule has 60 valence electrons. The van der Waals surface area contributed by atoms with Crippen LogP contribution in [0.1, 0.15) is 13.8 Å². The van der Waals surface area contributed by atoms with Crippen molar-refractivity contribution in [3.8, 4) is 0 Å². The zero-order chi connectivity index (χ0) is 7.61. The molecule has 1 unspecified atom stereocenters. The van der Waals surface area contributed by atoms with Crippen molar-refractivity contribution in [2.45, 2.75) is 25.6 Å². The fourth-order valence-electron chi connectivity index (χ4n) is 0.863. The molecular formula is C7H15NO2. The first kappa shape index (κ1) is 7.98. The second-order valence-electron chi connectivity index (χ2n) is 3.24. The van der Waals surface area contributed by atoms with Gasteiger partial charge in [-0.1, -0.05) is 0 Å². The minimum atomic E-state index is -0.119. The lowest BCUT2D eigenvalue weighted by Crippen LogP contribution is -2.45. The summed E-state index contributed by atoms with van der Waals surface area (Å²) in [6.45, 7) is 5.86. The summed E-state index contributed by atoms with van der Waals surface area (Å²) in [5.41, 5.74) is 5.27. The van der Waals surface area contributed by atoms with Gasteiger partial charge in [0.25, 0.3) is 0 Å². The quantitative estimate of drug-likeness (QED) is 0.570. The fourth-order valence-corrected chi connectivity index (χ4v) is 0.863. The number of hydrogen-bond acceptors (Lipinski definition) is 3. The molecule has 1 rings (SSSR count). The van der Waals surface area contributed by atoms with Crippen LogP contribution in [0.2, 0.25) is 0 Å². The maximum atomic E-state index is 5.46. The first-order valence-corrected chi connectivity index (χ1v) is 3.60. The molecule has 0 amide bonds. The van der Waals surface area contributed by atoms with Crippen molar-refractivity contribution >= 4 is 0 Å². The minimum Gasteiger partial charge on any atom is -0.372 e. The monoisotopic (exact) mass is 145 g/mol. The number of hydrogen-bond donors (Lipinski definition) is 1. The smallest absolute Gasteiger partial charge is 0.0932 e. The van der Waals surface area contributed by atoms with E-state index in [9.17, 15) is 0 Å². The Balaban J connectivity index is 2.31. The topological polar surface area (TPSA) is 44.5 Å². The Bertz CT molecular complexity index is 104. The molecule has 10 heavy (non-hydrogen) atoms. The summed E-state index contributed by atoms with van der Waals surface area (Å²) in [5, 5.41) is 0. The molecule has 1 aliphatic heterocycles. The first-order valence-electron chi connectivity index (χ1n) is 3.60. The third kappa shape index (κ3) is 1.94. The number of nitrogens with two attached hydrogens (primary N) is 1. The van der Waals surface area contributed by atoms with Crippen molar-refractivity contribution in [1.29, 1.82) is 0 Å². The van der Waals surface area contributed by atoms with Gasteiger partial charge in [-0.2, -0.15) is 0 Å².